The van der Waals surface area contributed by atoms with Crippen molar-refractivity contribution in [3.8, 4) is 0 Å². The Balaban J connectivity index is 4.08. The van der Waals surface area contributed by atoms with Crippen molar-refractivity contribution < 1.29 is 14.7 Å². The van der Waals surface area contributed by atoms with Crippen LogP contribution in [0.25, 0.3) is 0 Å². The van der Waals surface area contributed by atoms with Crippen LogP contribution in [0.15, 0.2) is 0 Å². The zero-order chi connectivity index (χ0) is 10.6. The molecule has 0 fully saturated rings. The topological polar surface area (TPSA) is 54.4 Å². The highest BCUT2D eigenvalue weighted by Crippen LogP contribution is 2.07. The van der Waals surface area contributed by atoms with Gasteiger partial charge in [-0.25, -0.2) is 0 Å². The summed E-state index contributed by atoms with van der Waals surface area (Å²) in [7, 11) is 0. The number of carbonyl (C=O) groups is 2. The Morgan fingerprint density at radius 3 is 1.85 bits per heavy atom. The molecule has 1 N–H and O–H groups in total. The zero-order valence-corrected chi connectivity index (χ0v) is 8.70. The smallest absolute Gasteiger partial charge is 0.164 e. The minimum Gasteiger partial charge on any atom is -0.385 e. The van der Waals surface area contributed by atoms with Crippen molar-refractivity contribution in [2.24, 2.45) is 11.8 Å². The van der Waals surface area contributed by atoms with E-state index in [2.05, 4.69) is 0 Å². The lowest BCUT2D eigenvalue weighted by atomic mass is 9.96. The van der Waals surface area contributed by atoms with Gasteiger partial charge in [0.15, 0.2) is 5.78 Å². The van der Waals surface area contributed by atoms with Gasteiger partial charge < -0.3 is 5.11 Å². The van der Waals surface area contributed by atoms with Crippen LogP contribution in [0.1, 0.15) is 34.1 Å². The fraction of sp³-hybridized carbons (Fsp3) is 0.800. The summed E-state index contributed by atoms with van der Waals surface area (Å²) >= 11 is 0. The van der Waals surface area contributed by atoms with Crippen molar-refractivity contribution in [1.82, 2.24) is 0 Å². The normalized spacial score (nSPS) is 13.5. The molecule has 0 aliphatic carbocycles. The molecule has 0 amide bonds. The predicted molar refractivity (Wildman–Crippen MR) is 50.3 cm³/mol. The van der Waals surface area contributed by atoms with Gasteiger partial charge in [-0.15, -0.1) is 0 Å². The zero-order valence-electron chi connectivity index (χ0n) is 8.70. The second kappa shape index (κ2) is 5.12. The fourth-order valence-corrected chi connectivity index (χ4v) is 0.912. The van der Waals surface area contributed by atoms with E-state index >= 15 is 0 Å². The molecular formula is C10H18O3. The highest BCUT2D eigenvalue weighted by Gasteiger charge is 2.22. The van der Waals surface area contributed by atoms with E-state index in [0.717, 1.165) is 0 Å². The van der Waals surface area contributed by atoms with E-state index in [1.54, 1.807) is 27.7 Å². The third-order valence-corrected chi connectivity index (χ3v) is 1.94. The molecule has 0 aromatic carbocycles. The number of aliphatic hydroxyl groups is 1. The Labute approximate surface area is 79.1 Å². The van der Waals surface area contributed by atoms with Crippen molar-refractivity contribution in [2.75, 3.05) is 0 Å². The molecule has 0 saturated heterocycles. The van der Waals surface area contributed by atoms with Gasteiger partial charge in [0.1, 0.15) is 11.9 Å². The van der Waals surface area contributed by atoms with Crippen molar-refractivity contribution in [3.63, 3.8) is 0 Å². The van der Waals surface area contributed by atoms with E-state index in [0.29, 0.717) is 0 Å². The van der Waals surface area contributed by atoms with Gasteiger partial charge in [0.25, 0.3) is 0 Å². The highest BCUT2D eigenvalue weighted by molar-refractivity contribution is 5.91. The molecule has 0 aromatic heterocycles. The van der Waals surface area contributed by atoms with Crippen LogP contribution in [0.4, 0.5) is 0 Å². The van der Waals surface area contributed by atoms with E-state index in [9.17, 15) is 14.7 Å². The molecule has 3 nitrogen and oxygen atoms in total. The molecule has 0 aliphatic heterocycles. The van der Waals surface area contributed by atoms with Gasteiger partial charge in [0, 0.05) is 18.3 Å². The Morgan fingerprint density at radius 1 is 1.08 bits per heavy atom. The largest absolute Gasteiger partial charge is 0.385 e. The minimum atomic E-state index is -1.12. The van der Waals surface area contributed by atoms with E-state index in [1.807, 2.05) is 0 Å². The standard InChI is InChI=1S/C10H18O3/c1-6(2)8(11)5-9(12)10(13)7(3)4/h6-7,9,12H,5H2,1-4H3. The molecule has 0 spiro atoms. The summed E-state index contributed by atoms with van der Waals surface area (Å²) in [4.78, 5) is 22.4. The summed E-state index contributed by atoms with van der Waals surface area (Å²) in [5.41, 5.74) is 0. The average Bonchev–Trinajstić information content (AvgIpc) is 2.02. The Morgan fingerprint density at radius 2 is 1.54 bits per heavy atom. The van der Waals surface area contributed by atoms with Crippen molar-refractivity contribution in [2.45, 2.75) is 40.2 Å². The van der Waals surface area contributed by atoms with Crippen LogP contribution < -0.4 is 0 Å². The quantitative estimate of drug-likeness (QED) is 0.701. The van der Waals surface area contributed by atoms with E-state index in [-0.39, 0.29) is 29.8 Å². The average molecular weight is 186 g/mol. The lowest BCUT2D eigenvalue weighted by molar-refractivity contribution is -0.135. The number of ketones is 2. The molecular weight excluding hydrogens is 168 g/mol. The van der Waals surface area contributed by atoms with Gasteiger partial charge in [0.2, 0.25) is 0 Å². The van der Waals surface area contributed by atoms with Gasteiger partial charge in [-0.1, -0.05) is 27.7 Å². The number of rotatable bonds is 5. The van der Waals surface area contributed by atoms with Crippen molar-refractivity contribution >= 4 is 11.6 Å². The number of Topliss-reactive ketones (excluding diaryl/α,β-unsaturated/α-hetero) is 2. The van der Waals surface area contributed by atoms with Crippen LogP contribution in [0, 0.1) is 11.8 Å². The minimum absolute atomic E-state index is 0.0469. The molecule has 0 radical (unpaired) electrons. The van der Waals surface area contributed by atoms with Gasteiger partial charge in [0.05, 0.1) is 0 Å². The van der Waals surface area contributed by atoms with E-state index in [1.165, 1.54) is 0 Å². The second-order valence-corrected chi connectivity index (χ2v) is 3.90. The first-order valence-corrected chi connectivity index (χ1v) is 4.60. The third-order valence-electron chi connectivity index (χ3n) is 1.94. The van der Waals surface area contributed by atoms with Gasteiger partial charge in [-0.3, -0.25) is 9.59 Å². The molecule has 0 rings (SSSR count). The van der Waals surface area contributed by atoms with Gasteiger partial charge >= 0.3 is 0 Å². The second-order valence-electron chi connectivity index (χ2n) is 3.90. The highest BCUT2D eigenvalue weighted by atomic mass is 16.3. The molecule has 13 heavy (non-hydrogen) atoms. The first-order chi connectivity index (χ1) is 5.86. The summed E-state index contributed by atoms with van der Waals surface area (Å²) in [6, 6.07) is 0. The number of carbonyl (C=O) groups excluding carboxylic acids is 2. The molecule has 76 valence electrons. The number of hydrogen-bond donors (Lipinski definition) is 1. The Hall–Kier alpha value is -0.700. The lowest BCUT2D eigenvalue weighted by Crippen LogP contribution is -2.28. The van der Waals surface area contributed by atoms with Crippen LogP contribution >= 0.6 is 0 Å². The molecule has 3 heteroatoms. The molecule has 1 unspecified atom stereocenters. The van der Waals surface area contributed by atoms with E-state index < -0.39 is 6.10 Å². The number of hydrogen-bond acceptors (Lipinski definition) is 3. The van der Waals surface area contributed by atoms with Gasteiger partial charge in [-0.2, -0.15) is 0 Å². The molecule has 1 atom stereocenters. The molecule has 0 bridgehead atoms. The monoisotopic (exact) mass is 186 g/mol. The Bertz CT molecular complexity index is 194. The van der Waals surface area contributed by atoms with Crippen LogP contribution in [-0.4, -0.2) is 22.8 Å². The molecule has 0 saturated carbocycles. The third kappa shape index (κ3) is 4.18. The summed E-state index contributed by atoms with van der Waals surface area (Å²) in [6.07, 6.45) is -1.16. The summed E-state index contributed by atoms with van der Waals surface area (Å²) in [5.74, 6) is -0.653. The molecule has 0 heterocycles. The summed E-state index contributed by atoms with van der Waals surface area (Å²) in [6.45, 7) is 6.95. The van der Waals surface area contributed by atoms with Crippen molar-refractivity contribution in [3.05, 3.63) is 0 Å². The molecule has 0 aromatic rings. The van der Waals surface area contributed by atoms with Crippen LogP contribution in [0.5, 0.6) is 0 Å². The van der Waals surface area contributed by atoms with Gasteiger partial charge in [-0.05, 0) is 0 Å². The van der Waals surface area contributed by atoms with Crippen LogP contribution in [0.3, 0.4) is 0 Å². The van der Waals surface area contributed by atoms with E-state index in [4.69, 9.17) is 0 Å². The fourth-order valence-electron chi connectivity index (χ4n) is 0.912. The van der Waals surface area contributed by atoms with Crippen LogP contribution in [-0.2, 0) is 9.59 Å². The maximum atomic E-state index is 11.2. The maximum Gasteiger partial charge on any atom is 0.164 e. The van der Waals surface area contributed by atoms with Crippen LogP contribution in [0.2, 0.25) is 0 Å². The first kappa shape index (κ1) is 12.3. The summed E-state index contributed by atoms with van der Waals surface area (Å²) < 4.78 is 0. The molecule has 0 aliphatic rings. The first-order valence-electron chi connectivity index (χ1n) is 4.60. The van der Waals surface area contributed by atoms with Crippen molar-refractivity contribution in [1.29, 1.82) is 0 Å². The maximum absolute atomic E-state index is 11.2. The number of aliphatic hydroxyl groups excluding tert-OH is 1. The lowest BCUT2D eigenvalue weighted by Gasteiger charge is -2.12. The predicted octanol–water partition coefficient (Wildman–Crippen LogP) is 1.19. The Kier molecular flexibility index (Phi) is 4.85. The summed E-state index contributed by atoms with van der Waals surface area (Å²) in [5, 5.41) is 9.34. The SMILES string of the molecule is CC(C)C(=O)CC(O)C(=O)C(C)C.